The molecule has 0 aliphatic heterocycles. The standard InChI is InChI=1S/C11H17N3O3S/c1-8-6-13-9(18-8)7-14-11(17)12-5-3-2-4-10(15)16/h6H,2-5,7H2,1H3,(H,15,16)(H2,12,14,17). The number of hydrogen-bond donors (Lipinski definition) is 3. The summed E-state index contributed by atoms with van der Waals surface area (Å²) in [6, 6.07) is -0.252. The highest BCUT2D eigenvalue weighted by Crippen LogP contribution is 2.10. The third-order valence-corrected chi connectivity index (χ3v) is 3.09. The highest BCUT2D eigenvalue weighted by Gasteiger charge is 2.03. The van der Waals surface area contributed by atoms with Gasteiger partial charge in [-0.25, -0.2) is 9.78 Å². The van der Waals surface area contributed by atoms with Gasteiger partial charge in [0.1, 0.15) is 5.01 Å². The van der Waals surface area contributed by atoms with Gasteiger partial charge in [-0.2, -0.15) is 0 Å². The van der Waals surface area contributed by atoms with Crippen LogP contribution in [0.15, 0.2) is 6.20 Å². The van der Waals surface area contributed by atoms with Crippen molar-refractivity contribution < 1.29 is 14.7 Å². The topological polar surface area (TPSA) is 91.3 Å². The van der Waals surface area contributed by atoms with Crippen LogP contribution in [-0.4, -0.2) is 28.6 Å². The third kappa shape index (κ3) is 6.19. The molecule has 1 heterocycles. The fourth-order valence-corrected chi connectivity index (χ4v) is 2.03. The minimum absolute atomic E-state index is 0.141. The molecule has 18 heavy (non-hydrogen) atoms. The highest BCUT2D eigenvalue weighted by atomic mass is 32.1. The zero-order chi connectivity index (χ0) is 13.4. The molecule has 0 fully saturated rings. The minimum atomic E-state index is -0.807. The van der Waals surface area contributed by atoms with Crippen molar-refractivity contribution in [3.8, 4) is 0 Å². The molecule has 0 spiro atoms. The summed E-state index contributed by atoms with van der Waals surface area (Å²) in [6.07, 6.45) is 3.14. The molecule has 100 valence electrons. The van der Waals surface area contributed by atoms with Gasteiger partial charge in [0.05, 0.1) is 6.54 Å². The summed E-state index contributed by atoms with van der Waals surface area (Å²) in [5.41, 5.74) is 0. The number of urea groups is 1. The van der Waals surface area contributed by atoms with E-state index in [9.17, 15) is 9.59 Å². The molecule has 0 radical (unpaired) electrons. The molecule has 0 saturated heterocycles. The lowest BCUT2D eigenvalue weighted by Crippen LogP contribution is -2.35. The SMILES string of the molecule is Cc1cnc(CNC(=O)NCCCCC(=O)O)s1. The Bertz CT molecular complexity index is 406. The molecular weight excluding hydrogens is 254 g/mol. The second kappa shape index (κ2) is 7.65. The Morgan fingerprint density at radius 2 is 2.17 bits per heavy atom. The highest BCUT2D eigenvalue weighted by molar-refractivity contribution is 7.11. The van der Waals surface area contributed by atoms with Gasteiger partial charge >= 0.3 is 12.0 Å². The number of rotatable bonds is 7. The fraction of sp³-hybridized carbons (Fsp3) is 0.545. The number of nitrogens with one attached hydrogen (secondary N) is 2. The Morgan fingerprint density at radius 1 is 1.39 bits per heavy atom. The van der Waals surface area contributed by atoms with Crippen LogP contribution in [0, 0.1) is 6.92 Å². The van der Waals surface area contributed by atoms with Crippen molar-refractivity contribution in [2.24, 2.45) is 0 Å². The number of thiazole rings is 1. The molecule has 1 aromatic rings. The average Bonchev–Trinajstić information content (AvgIpc) is 2.71. The first-order valence-corrected chi connectivity index (χ1v) is 6.54. The maximum atomic E-state index is 11.4. The van der Waals surface area contributed by atoms with Crippen LogP contribution in [0.3, 0.4) is 0 Å². The Kier molecular flexibility index (Phi) is 6.13. The van der Waals surface area contributed by atoms with Crippen molar-refractivity contribution in [2.45, 2.75) is 32.7 Å². The van der Waals surface area contributed by atoms with Crippen molar-refractivity contribution in [3.63, 3.8) is 0 Å². The first kappa shape index (κ1) is 14.4. The number of amides is 2. The summed E-state index contributed by atoms with van der Waals surface area (Å²) in [5.74, 6) is -0.807. The summed E-state index contributed by atoms with van der Waals surface area (Å²) >= 11 is 1.55. The van der Waals surface area contributed by atoms with Crippen LogP contribution < -0.4 is 10.6 Å². The van der Waals surface area contributed by atoms with Gasteiger partial charge in [0.25, 0.3) is 0 Å². The first-order chi connectivity index (χ1) is 8.58. The molecule has 3 N–H and O–H groups in total. The number of aromatic nitrogens is 1. The molecule has 0 aromatic carbocycles. The van der Waals surface area contributed by atoms with Crippen LogP contribution in [0.25, 0.3) is 0 Å². The molecule has 0 aliphatic rings. The van der Waals surface area contributed by atoms with E-state index in [-0.39, 0.29) is 12.5 Å². The van der Waals surface area contributed by atoms with Gasteiger partial charge in [-0.1, -0.05) is 0 Å². The van der Waals surface area contributed by atoms with Crippen LogP contribution in [0.2, 0.25) is 0 Å². The maximum absolute atomic E-state index is 11.4. The predicted octanol–water partition coefficient (Wildman–Crippen LogP) is 1.51. The maximum Gasteiger partial charge on any atom is 0.315 e. The van der Waals surface area contributed by atoms with Crippen molar-refractivity contribution in [3.05, 3.63) is 16.1 Å². The molecule has 0 saturated carbocycles. The molecule has 0 unspecified atom stereocenters. The van der Waals surface area contributed by atoms with Crippen LogP contribution >= 0.6 is 11.3 Å². The fourth-order valence-electron chi connectivity index (χ4n) is 1.30. The Balaban J connectivity index is 2.05. The average molecular weight is 271 g/mol. The van der Waals surface area contributed by atoms with E-state index in [0.717, 1.165) is 9.88 Å². The second-order valence-corrected chi connectivity index (χ2v) is 5.14. The number of carboxylic acids is 1. The molecule has 1 rings (SSSR count). The molecule has 0 atom stereocenters. The van der Waals surface area contributed by atoms with E-state index >= 15 is 0 Å². The van der Waals surface area contributed by atoms with Crippen molar-refractivity contribution in [1.29, 1.82) is 0 Å². The number of carbonyl (C=O) groups excluding carboxylic acids is 1. The van der Waals surface area contributed by atoms with E-state index in [0.29, 0.717) is 25.9 Å². The molecule has 2 amide bonds. The van der Waals surface area contributed by atoms with Gasteiger partial charge in [0.15, 0.2) is 0 Å². The van der Waals surface area contributed by atoms with E-state index in [1.54, 1.807) is 17.5 Å². The van der Waals surface area contributed by atoms with E-state index in [4.69, 9.17) is 5.11 Å². The number of unbranched alkanes of at least 4 members (excludes halogenated alkanes) is 1. The lowest BCUT2D eigenvalue weighted by molar-refractivity contribution is -0.137. The van der Waals surface area contributed by atoms with Gasteiger partial charge in [0.2, 0.25) is 0 Å². The summed E-state index contributed by atoms with van der Waals surface area (Å²) in [4.78, 5) is 26.9. The second-order valence-electron chi connectivity index (χ2n) is 3.82. The molecule has 6 nitrogen and oxygen atoms in total. The Hall–Kier alpha value is -1.63. The van der Waals surface area contributed by atoms with E-state index in [1.165, 1.54) is 0 Å². The molecule has 7 heteroatoms. The van der Waals surface area contributed by atoms with Crippen LogP contribution in [0.5, 0.6) is 0 Å². The number of hydrogen-bond acceptors (Lipinski definition) is 4. The Labute approximate surface area is 109 Å². The normalized spacial score (nSPS) is 10.1. The summed E-state index contributed by atoms with van der Waals surface area (Å²) < 4.78 is 0. The first-order valence-electron chi connectivity index (χ1n) is 5.72. The number of aryl methyl sites for hydroxylation is 1. The molecular formula is C11H17N3O3S. The van der Waals surface area contributed by atoms with E-state index in [1.807, 2.05) is 6.92 Å². The number of nitrogens with zero attached hydrogens (tertiary/aromatic N) is 1. The van der Waals surface area contributed by atoms with Crippen molar-refractivity contribution >= 4 is 23.3 Å². The number of aliphatic carboxylic acids is 1. The third-order valence-electron chi connectivity index (χ3n) is 2.17. The van der Waals surface area contributed by atoms with E-state index < -0.39 is 5.97 Å². The quantitative estimate of drug-likeness (QED) is 0.655. The number of carbonyl (C=O) groups is 2. The van der Waals surface area contributed by atoms with Crippen LogP contribution in [0.1, 0.15) is 29.1 Å². The largest absolute Gasteiger partial charge is 0.481 e. The van der Waals surface area contributed by atoms with Crippen LogP contribution in [0.4, 0.5) is 4.79 Å². The zero-order valence-electron chi connectivity index (χ0n) is 10.2. The van der Waals surface area contributed by atoms with Crippen molar-refractivity contribution in [1.82, 2.24) is 15.6 Å². The minimum Gasteiger partial charge on any atom is -0.481 e. The zero-order valence-corrected chi connectivity index (χ0v) is 11.0. The number of carboxylic acid groups (broad SMARTS) is 1. The van der Waals surface area contributed by atoms with Crippen molar-refractivity contribution in [2.75, 3.05) is 6.54 Å². The lowest BCUT2D eigenvalue weighted by atomic mass is 10.2. The van der Waals surface area contributed by atoms with Gasteiger partial charge in [-0.15, -0.1) is 11.3 Å². The predicted molar refractivity (Wildman–Crippen MR) is 68.6 cm³/mol. The van der Waals surface area contributed by atoms with Gasteiger partial charge in [-0.05, 0) is 19.8 Å². The smallest absolute Gasteiger partial charge is 0.315 e. The van der Waals surface area contributed by atoms with Gasteiger partial charge < -0.3 is 15.7 Å². The Morgan fingerprint density at radius 3 is 2.78 bits per heavy atom. The lowest BCUT2D eigenvalue weighted by Gasteiger charge is -2.05. The van der Waals surface area contributed by atoms with E-state index in [2.05, 4.69) is 15.6 Å². The van der Waals surface area contributed by atoms with Gasteiger partial charge in [-0.3, -0.25) is 4.79 Å². The van der Waals surface area contributed by atoms with Gasteiger partial charge in [0, 0.05) is 24.0 Å². The molecule has 1 aromatic heterocycles. The summed E-state index contributed by atoms with van der Waals surface area (Å²) in [6.45, 7) is 2.86. The monoisotopic (exact) mass is 271 g/mol. The van der Waals surface area contributed by atoms with Crippen LogP contribution in [-0.2, 0) is 11.3 Å². The summed E-state index contributed by atoms with van der Waals surface area (Å²) in [5, 5.41) is 14.7. The molecule has 0 bridgehead atoms. The summed E-state index contributed by atoms with van der Waals surface area (Å²) in [7, 11) is 0. The molecule has 0 aliphatic carbocycles.